The number of piperazine rings is 2. The van der Waals surface area contributed by atoms with Gasteiger partial charge in [0.15, 0.2) is 0 Å². The van der Waals surface area contributed by atoms with Crippen molar-refractivity contribution in [3.8, 4) is 0 Å². The first-order chi connectivity index (χ1) is 10.2. The fourth-order valence-corrected chi connectivity index (χ4v) is 2.97. The molecule has 1 N–H and O–H groups in total. The van der Waals surface area contributed by atoms with Crippen LogP contribution >= 0.6 is 0 Å². The standard InChI is InChI=1S/C16H24N4O/c1-18-10-11-20(16(21)13-18)15-4-2-14(3-5-15)12-19-8-6-17-7-9-19/h2-5,17H,6-13H2,1H3. The third kappa shape index (κ3) is 3.61. The number of hydrogen-bond donors (Lipinski definition) is 1. The number of nitrogens with zero attached hydrogens (tertiary/aromatic N) is 3. The second-order valence-electron chi connectivity index (χ2n) is 5.98. The van der Waals surface area contributed by atoms with Crippen LogP contribution in [0.25, 0.3) is 0 Å². The van der Waals surface area contributed by atoms with Crippen molar-refractivity contribution in [3.05, 3.63) is 29.8 Å². The Hall–Kier alpha value is -1.43. The molecule has 0 spiro atoms. The van der Waals surface area contributed by atoms with Crippen LogP contribution in [0.1, 0.15) is 5.56 Å². The van der Waals surface area contributed by atoms with Crippen LogP contribution in [0.5, 0.6) is 0 Å². The Morgan fingerprint density at radius 1 is 1.05 bits per heavy atom. The fourth-order valence-electron chi connectivity index (χ4n) is 2.97. The quantitative estimate of drug-likeness (QED) is 0.872. The zero-order chi connectivity index (χ0) is 14.7. The predicted molar refractivity (Wildman–Crippen MR) is 84.4 cm³/mol. The number of nitrogens with one attached hydrogen (secondary N) is 1. The molecule has 2 aliphatic rings. The molecule has 2 aliphatic heterocycles. The minimum absolute atomic E-state index is 0.193. The van der Waals surface area contributed by atoms with Crippen molar-refractivity contribution in [1.82, 2.24) is 15.1 Å². The van der Waals surface area contributed by atoms with Gasteiger partial charge in [-0.2, -0.15) is 0 Å². The van der Waals surface area contributed by atoms with Gasteiger partial charge >= 0.3 is 0 Å². The van der Waals surface area contributed by atoms with Crippen molar-refractivity contribution in [2.45, 2.75) is 6.54 Å². The van der Waals surface area contributed by atoms with Crippen LogP contribution in [0, 0.1) is 0 Å². The van der Waals surface area contributed by atoms with E-state index in [0.717, 1.165) is 51.5 Å². The van der Waals surface area contributed by atoms with Crippen LogP contribution in [0.15, 0.2) is 24.3 Å². The topological polar surface area (TPSA) is 38.8 Å². The van der Waals surface area contributed by atoms with Crippen LogP contribution in [0.2, 0.25) is 0 Å². The number of amides is 1. The van der Waals surface area contributed by atoms with E-state index in [1.165, 1.54) is 5.56 Å². The average molecular weight is 288 g/mol. The van der Waals surface area contributed by atoms with Crippen LogP contribution < -0.4 is 10.2 Å². The lowest BCUT2D eigenvalue weighted by Crippen LogP contribution is -2.48. The van der Waals surface area contributed by atoms with Gasteiger partial charge in [0.1, 0.15) is 0 Å². The van der Waals surface area contributed by atoms with Crippen molar-refractivity contribution in [3.63, 3.8) is 0 Å². The summed E-state index contributed by atoms with van der Waals surface area (Å²) in [6.07, 6.45) is 0. The Labute approximate surface area is 126 Å². The van der Waals surface area contributed by atoms with Crippen LogP contribution in [-0.2, 0) is 11.3 Å². The van der Waals surface area contributed by atoms with Crippen LogP contribution in [0.4, 0.5) is 5.69 Å². The van der Waals surface area contributed by atoms with E-state index in [1.54, 1.807) is 0 Å². The smallest absolute Gasteiger partial charge is 0.241 e. The SMILES string of the molecule is CN1CCN(c2ccc(CN3CCNCC3)cc2)C(=O)C1. The van der Waals surface area contributed by atoms with E-state index in [-0.39, 0.29) is 5.91 Å². The molecule has 5 heteroatoms. The highest BCUT2D eigenvalue weighted by molar-refractivity contribution is 5.95. The van der Waals surface area contributed by atoms with Gasteiger partial charge in [0, 0.05) is 51.5 Å². The minimum Gasteiger partial charge on any atom is -0.314 e. The van der Waals surface area contributed by atoms with Gasteiger partial charge in [-0.25, -0.2) is 0 Å². The maximum atomic E-state index is 12.1. The number of likely N-dealkylation sites (N-methyl/N-ethyl adjacent to an activating group) is 1. The number of benzene rings is 1. The van der Waals surface area contributed by atoms with Gasteiger partial charge < -0.3 is 10.2 Å². The summed E-state index contributed by atoms with van der Waals surface area (Å²) < 4.78 is 0. The molecule has 2 heterocycles. The third-order valence-electron chi connectivity index (χ3n) is 4.28. The number of anilines is 1. The highest BCUT2D eigenvalue weighted by Crippen LogP contribution is 2.18. The number of hydrogen-bond acceptors (Lipinski definition) is 4. The summed E-state index contributed by atoms with van der Waals surface area (Å²) in [5.41, 5.74) is 2.35. The van der Waals surface area contributed by atoms with Crippen LogP contribution in [-0.4, -0.2) is 68.6 Å². The molecule has 1 amide bonds. The van der Waals surface area contributed by atoms with Gasteiger partial charge in [0.05, 0.1) is 6.54 Å². The van der Waals surface area contributed by atoms with Gasteiger partial charge in [-0.05, 0) is 24.7 Å². The van der Waals surface area contributed by atoms with Crippen molar-refractivity contribution in [2.75, 3.05) is 57.8 Å². The molecule has 3 rings (SSSR count). The zero-order valence-electron chi connectivity index (χ0n) is 12.7. The van der Waals surface area contributed by atoms with E-state index >= 15 is 0 Å². The summed E-state index contributed by atoms with van der Waals surface area (Å²) in [6, 6.07) is 8.48. The monoisotopic (exact) mass is 288 g/mol. The van der Waals surface area contributed by atoms with Gasteiger partial charge in [-0.15, -0.1) is 0 Å². The molecule has 0 atom stereocenters. The summed E-state index contributed by atoms with van der Waals surface area (Å²) in [6.45, 7) is 7.61. The number of rotatable bonds is 3. The average Bonchev–Trinajstić information content (AvgIpc) is 2.49. The fraction of sp³-hybridized carbons (Fsp3) is 0.562. The molecular formula is C16H24N4O. The van der Waals surface area contributed by atoms with E-state index in [9.17, 15) is 4.79 Å². The second kappa shape index (κ2) is 6.56. The summed E-state index contributed by atoms with van der Waals surface area (Å²) in [5, 5.41) is 3.37. The lowest BCUT2D eigenvalue weighted by atomic mass is 10.1. The summed E-state index contributed by atoms with van der Waals surface area (Å²) in [4.78, 5) is 18.5. The molecule has 5 nitrogen and oxygen atoms in total. The van der Waals surface area contributed by atoms with Gasteiger partial charge in [0.2, 0.25) is 5.91 Å². The minimum atomic E-state index is 0.193. The molecule has 2 fully saturated rings. The first kappa shape index (κ1) is 14.5. The molecule has 1 aromatic rings. The maximum absolute atomic E-state index is 12.1. The van der Waals surface area contributed by atoms with E-state index in [4.69, 9.17) is 0 Å². The second-order valence-corrected chi connectivity index (χ2v) is 5.98. The Morgan fingerprint density at radius 3 is 2.43 bits per heavy atom. The molecule has 0 radical (unpaired) electrons. The molecule has 21 heavy (non-hydrogen) atoms. The molecule has 0 saturated carbocycles. The number of carbonyl (C=O) groups is 1. The third-order valence-corrected chi connectivity index (χ3v) is 4.28. The lowest BCUT2D eigenvalue weighted by molar-refractivity contribution is -0.120. The molecule has 1 aromatic carbocycles. The van der Waals surface area contributed by atoms with Crippen molar-refractivity contribution in [1.29, 1.82) is 0 Å². The molecule has 114 valence electrons. The van der Waals surface area contributed by atoms with E-state index < -0.39 is 0 Å². The first-order valence-corrected chi connectivity index (χ1v) is 7.73. The summed E-state index contributed by atoms with van der Waals surface area (Å²) in [5.74, 6) is 0.193. The van der Waals surface area contributed by atoms with Gasteiger partial charge in [-0.1, -0.05) is 12.1 Å². The summed E-state index contributed by atoms with van der Waals surface area (Å²) in [7, 11) is 1.99. The van der Waals surface area contributed by atoms with Crippen molar-refractivity contribution in [2.24, 2.45) is 0 Å². The maximum Gasteiger partial charge on any atom is 0.241 e. The summed E-state index contributed by atoms with van der Waals surface area (Å²) >= 11 is 0. The van der Waals surface area contributed by atoms with Gasteiger partial charge in [-0.3, -0.25) is 14.6 Å². The normalized spacial score (nSPS) is 21.8. The van der Waals surface area contributed by atoms with E-state index in [1.807, 2.05) is 11.9 Å². The molecule has 0 aromatic heterocycles. The zero-order valence-corrected chi connectivity index (χ0v) is 12.7. The Balaban J connectivity index is 1.62. The highest BCUT2D eigenvalue weighted by Gasteiger charge is 2.22. The highest BCUT2D eigenvalue weighted by atomic mass is 16.2. The van der Waals surface area contributed by atoms with Crippen molar-refractivity contribution >= 4 is 11.6 Å². The molecule has 0 unspecified atom stereocenters. The van der Waals surface area contributed by atoms with Gasteiger partial charge in [0.25, 0.3) is 0 Å². The van der Waals surface area contributed by atoms with Crippen LogP contribution in [0.3, 0.4) is 0 Å². The number of carbonyl (C=O) groups excluding carboxylic acids is 1. The largest absolute Gasteiger partial charge is 0.314 e. The Kier molecular flexibility index (Phi) is 4.53. The molecule has 0 aliphatic carbocycles. The Bertz CT molecular complexity index is 482. The van der Waals surface area contributed by atoms with Crippen molar-refractivity contribution < 1.29 is 4.79 Å². The van der Waals surface area contributed by atoms with E-state index in [2.05, 4.69) is 39.4 Å². The first-order valence-electron chi connectivity index (χ1n) is 7.73. The molecular weight excluding hydrogens is 264 g/mol. The van der Waals surface area contributed by atoms with E-state index in [0.29, 0.717) is 6.54 Å². The Morgan fingerprint density at radius 2 is 1.76 bits per heavy atom. The predicted octanol–water partition coefficient (Wildman–Crippen LogP) is 0.370. The molecule has 2 saturated heterocycles. The molecule has 0 bridgehead atoms. The lowest BCUT2D eigenvalue weighted by Gasteiger charge is -2.32.